The zero-order valence-corrected chi connectivity index (χ0v) is 15.0. The first-order valence-corrected chi connectivity index (χ1v) is 9.73. The van der Waals surface area contributed by atoms with Gasteiger partial charge in [0, 0.05) is 6.42 Å². The second-order valence-corrected chi connectivity index (χ2v) is 9.72. The molecule has 8 unspecified atom stereocenters. The van der Waals surface area contributed by atoms with Crippen molar-refractivity contribution in [3.63, 3.8) is 0 Å². The molecule has 0 radical (unpaired) electrons. The van der Waals surface area contributed by atoms with Gasteiger partial charge in [-0.1, -0.05) is 25.5 Å². The van der Waals surface area contributed by atoms with Crippen molar-refractivity contribution in [3.05, 3.63) is 23.3 Å². The van der Waals surface area contributed by atoms with Gasteiger partial charge in [0.25, 0.3) is 0 Å². The molecule has 5 aliphatic rings. The topological polar surface area (TPSA) is 40.9 Å². The molecule has 0 bridgehead atoms. The Morgan fingerprint density at radius 3 is 2.79 bits per heavy atom. The van der Waals surface area contributed by atoms with Crippen LogP contribution in [0.25, 0.3) is 0 Å². The van der Waals surface area contributed by atoms with Crippen molar-refractivity contribution in [2.24, 2.45) is 46.3 Å². The van der Waals surface area contributed by atoms with E-state index >= 15 is 0 Å². The summed E-state index contributed by atoms with van der Waals surface area (Å²) in [6.45, 7) is 7.05. The second kappa shape index (κ2) is 4.43. The summed E-state index contributed by atoms with van der Waals surface area (Å²) in [5.41, 5.74) is 3.07. The predicted molar refractivity (Wildman–Crippen MR) is 92.7 cm³/mol. The molecule has 0 amide bonds. The van der Waals surface area contributed by atoms with Crippen LogP contribution in [0.2, 0.25) is 0 Å². The number of ketones is 1. The largest absolute Gasteiger partial charge is 0.295 e. The van der Waals surface area contributed by atoms with E-state index in [1.165, 1.54) is 30.4 Å². The molecule has 0 spiro atoms. The van der Waals surface area contributed by atoms with E-state index in [9.17, 15) is 10.1 Å². The van der Waals surface area contributed by atoms with E-state index in [0.29, 0.717) is 35.9 Å². The van der Waals surface area contributed by atoms with Crippen LogP contribution in [0.15, 0.2) is 23.3 Å². The van der Waals surface area contributed by atoms with Crippen LogP contribution < -0.4 is 0 Å². The quantitative estimate of drug-likeness (QED) is 0.650. The van der Waals surface area contributed by atoms with Crippen LogP contribution in [-0.2, 0) is 4.79 Å². The first kappa shape index (κ1) is 14.9. The average molecular weight is 321 g/mol. The Morgan fingerprint density at radius 2 is 2.04 bits per heavy atom. The van der Waals surface area contributed by atoms with Gasteiger partial charge in [0.1, 0.15) is 0 Å². The van der Waals surface area contributed by atoms with Crippen molar-refractivity contribution in [3.8, 4) is 6.07 Å². The molecule has 8 atom stereocenters. The summed E-state index contributed by atoms with van der Waals surface area (Å²) < 4.78 is 0. The van der Waals surface area contributed by atoms with Gasteiger partial charge in [0.2, 0.25) is 0 Å². The summed E-state index contributed by atoms with van der Waals surface area (Å²) in [4.78, 5) is 12.0. The fourth-order valence-corrected chi connectivity index (χ4v) is 7.62. The monoisotopic (exact) mass is 321 g/mol. The first-order valence-electron chi connectivity index (χ1n) is 9.73. The fraction of sp³-hybridized carbons (Fsp3) is 0.727. The van der Waals surface area contributed by atoms with Crippen LogP contribution in [-0.4, -0.2) is 5.78 Å². The third-order valence-electron chi connectivity index (χ3n) is 8.76. The lowest BCUT2D eigenvalue weighted by atomic mass is 9.47. The molecule has 0 heterocycles. The Morgan fingerprint density at radius 1 is 1.25 bits per heavy atom. The predicted octanol–water partition coefficient (Wildman–Crippen LogP) is 4.68. The molecule has 24 heavy (non-hydrogen) atoms. The third-order valence-corrected chi connectivity index (χ3v) is 8.76. The highest BCUT2D eigenvalue weighted by Crippen LogP contribution is 2.75. The minimum atomic E-state index is 0.174. The normalized spacial score (nSPS) is 54.5. The molecule has 0 saturated heterocycles. The van der Waals surface area contributed by atoms with Crippen LogP contribution in [0.1, 0.15) is 52.9 Å². The van der Waals surface area contributed by atoms with E-state index in [2.05, 4.69) is 32.9 Å². The molecule has 5 rings (SSSR count). The van der Waals surface area contributed by atoms with Crippen LogP contribution in [0.4, 0.5) is 0 Å². The van der Waals surface area contributed by atoms with Crippen LogP contribution in [0.5, 0.6) is 0 Å². The highest BCUT2D eigenvalue weighted by Gasteiger charge is 2.70. The number of carbonyl (C=O) groups is 1. The molecular weight excluding hydrogens is 294 g/mol. The van der Waals surface area contributed by atoms with Crippen molar-refractivity contribution in [2.75, 3.05) is 0 Å². The molecule has 2 nitrogen and oxygen atoms in total. The average Bonchev–Trinajstić information content (AvgIpc) is 3.24. The number of hydrogen-bond donors (Lipinski definition) is 0. The molecule has 0 aromatic rings. The Balaban J connectivity index is 1.62. The lowest BCUT2D eigenvalue weighted by Crippen LogP contribution is -2.50. The van der Waals surface area contributed by atoms with E-state index in [0.717, 1.165) is 12.3 Å². The van der Waals surface area contributed by atoms with Crippen molar-refractivity contribution in [1.82, 2.24) is 0 Å². The van der Waals surface area contributed by atoms with Gasteiger partial charge in [-0.05, 0) is 84.7 Å². The summed E-state index contributed by atoms with van der Waals surface area (Å²) in [5.74, 6) is 4.02. The molecule has 3 fully saturated rings. The highest BCUT2D eigenvalue weighted by atomic mass is 16.1. The van der Waals surface area contributed by atoms with E-state index in [-0.39, 0.29) is 16.7 Å². The van der Waals surface area contributed by atoms with Gasteiger partial charge in [-0.25, -0.2) is 0 Å². The molecule has 0 N–H and O–H groups in total. The van der Waals surface area contributed by atoms with Gasteiger partial charge in [0.05, 0.1) is 12.0 Å². The van der Waals surface area contributed by atoms with Crippen LogP contribution >= 0.6 is 0 Å². The molecule has 0 aromatic carbocycles. The molecule has 0 aromatic heterocycles. The summed E-state index contributed by atoms with van der Waals surface area (Å²) >= 11 is 0. The SMILES string of the molecule is CC1=CC2C(CCC3(C)C(C#N)C4CC4C23)C2(C)CCC(=O)C=C12. The van der Waals surface area contributed by atoms with Crippen LogP contribution in [0.3, 0.4) is 0 Å². The molecule has 126 valence electrons. The molecule has 0 aliphatic heterocycles. The van der Waals surface area contributed by atoms with Crippen LogP contribution in [0, 0.1) is 57.7 Å². The van der Waals surface area contributed by atoms with Crippen molar-refractivity contribution >= 4 is 5.78 Å². The van der Waals surface area contributed by atoms with E-state index in [4.69, 9.17) is 0 Å². The standard InChI is InChI=1S/C22H27NO/c1-12-8-16-17(21(2)6-4-13(24)9-18(12)21)5-7-22(3)19(11-23)14-10-15(14)20(16)22/h8-9,14-17,19-20H,4-7,10H2,1-3H3. The minimum absolute atomic E-state index is 0.174. The van der Waals surface area contributed by atoms with Crippen molar-refractivity contribution in [1.29, 1.82) is 5.26 Å². The third kappa shape index (κ3) is 1.60. The van der Waals surface area contributed by atoms with Gasteiger partial charge in [-0.15, -0.1) is 0 Å². The lowest BCUT2D eigenvalue weighted by Gasteiger charge is -2.57. The molecule has 5 aliphatic carbocycles. The summed E-state index contributed by atoms with van der Waals surface area (Å²) in [6, 6.07) is 2.70. The lowest BCUT2D eigenvalue weighted by molar-refractivity contribution is -0.116. The summed E-state index contributed by atoms with van der Waals surface area (Å²) in [6.07, 6.45) is 9.90. The van der Waals surface area contributed by atoms with Gasteiger partial charge in [-0.3, -0.25) is 4.79 Å². The van der Waals surface area contributed by atoms with Gasteiger partial charge in [0.15, 0.2) is 5.78 Å². The van der Waals surface area contributed by atoms with Crippen molar-refractivity contribution < 1.29 is 4.79 Å². The van der Waals surface area contributed by atoms with Crippen molar-refractivity contribution in [2.45, 2.75) is 52.9 Å². The Bertz CT molecular complexity index is 740. The smallest absolute Gasteiger partial charge is 0.156 e. The maximum atomic E-state index is 12.0. The Labute approximate surface area is 145 Å². The number of allylic oxidation sites excluding steroid dienone is 4. The van der Waals surface area contributed by atoms with Gasteiger partial charge < -0.3 is 0 Å². The number of hydrogen-bond acceptors (Lipinski definition) is 2. The molecule has 2 heteroatoms. The first-order chi connectivity index (χ1) is 11.4. The second-order valence-electron chi connectivity index (χ2n) is 9.72. The summed E-state index contributed by atoms with van der Waals surface area (Å²) in [5, 5.41) is 9.77. The van der Waals surface area contributed by atoms with E-state index in [1.807, 2.05) is 6.08 Å². The number of fused-ring (bicyclic) bond motifs is 7. The van der Waals surface area contributed by atoms with E-state index in [1.54, 1.807) is 0 Å². The van der Waals surface area contributed by atoms with Gasteiger partial charge >= 0.3 is 0 Å². The fourth-order valence-electron chi connectivity index (χ4n) is 7.62. The number of carbonyl (C=O) groups excluding carboxylic acids is 1. The molecular formula is C22H27NO. The van der Waals surface area contributed by atoms with Gasteiger partial charge in [-0.2, -0.15) is 5.26 Å². The summed E-state index contributed by atoms with van der Waals surface area (Å²) in [7, 11) is 0. The Hall–Kier alpha value is -1.36. The maximum Gasteiger partial charge on any atom is 0.156 e. The highest BCUT2D eigenvalue weighted by molar-refractivity contribution is 5.92. The zero-order chi connectivity index (χ0) is 16.9. The minimum Gasteiger partial charge on any atom is -0.295 e. The zero-order valence-electron chi connectivity index (χ0n) is 15.0. The number of rotatable bonds is 0. The number of nitrogens with zero attached hydrogens (tertiary/aromatic N) is 1. The Kier molecular flexibility index (Phi) is 2.75. The molecule has 3 saturated carbocycles. The number of nitriles is 1. The van der Waals surface area contributed by atoms with E-state index < -0.39 is 0 Å². The maximum absolute atomic E-state index is 12.0.